The van der Waals surface area contributed by atoms with Gasteiger partial charge in [-0.05, 0) is 66.8 Å². The van der Waals surface area contributed by atoms with Crippen LogP contribution in [0.2, 0.25) is 0 Å². The lowest BCUT2D eigenvalue weighted by molar-refractivity contribution is 0.0951. The second-order valence-electron chi connectivity index (χ2n) is 7.30. The molecule has 3 aromatic carbocycles. The molecule has 0 fully saturated rings. The molecule has 0 spiro atoms. The Balaban J connectivity index is 1.29. The van der Waals surface area contributed by atoms with Gasteiger partial charge in [0, 0.05) is 15.7 Å². The van der Waals surface area contributed by atoms with Crippen LogP contribution in [0.3, 0.4) is 0 Å². The molecule has 0 radical (unpaired) electrons. The molecule has 0 bridgehead atoms. The second-order valence-corrected chi connectivity index (χ2v) is 9.65. The first kappa shape index (κ1) is 22.3. The number of rotatable bonds is 4. The number of amides is 1. The number of nitrogens with zero attached hydrogens (tertiary/aromatic N) is 1. The maximum Gasteiger partial charge on any atom is 0.293 e. The van der Waals surface area contributed by atoms with Crippen molar-refractivity contribution in [3.8, 4) is 27.6 Å². The summed E-state index contributed by atoms with van der Waals surface area (Å²) < 4.78 is 7.67. The maximum atomic E-state index is 12.6. The summed E-state index contributed by atoms with van der Waals surface area (Å²) in [6.45, 7) is 0. The number of anilines is 1. The fourth-order valence-corrected chi connectivity index (χ4v) is 4.79. The van der Waals surface area contributed by atoms with E-state index >= 15 is 0 Å². The SMILES string of the molecule is O=C(NC(=S)Nc1ccc(O)c(-c2nc3ccccc3s2)c1)c1ccc(-c2ccc(Br)cc2)o1. The number of hydrogen-bond donors (Lipinski definition) is 3. The Kier molecular flexibility index (Phi) is 6.14. The number of aromatic hydroxyl groups is 1. The van der Waals surface area contributed by atoms with Crippen molar-refractivity contribution in [3.05, 3.63) is 89.1 Å². The van der Waals surface area contributed by atoms with Gasteiger partial charge in [0.2, 0.25) is 0 Å². The maximum absolute atomic E-state index is 12.6. The van der Waals surface area contributed by atoms with Crippen LogP contribution >= 0.6 is 39.5 Å². The topological polar surface area (TPSA) is 87.4 Å². The number of benzene rings is 3. The predicted octanol–water partition coefficient (Wildman–Crippen LogP) is 6.82. The predicted molar refractivity (Wildman–Crippen MR) is 142 cm³/mol. The molecule has 0 aliphatic heterocycles. The highest BCUT2D eigenvalue weighted by Crippen LogP contribution is 2.36. The van der Waals surface area contributed by atoms with Gasteiger partial charge in [0.05, 0.1) is 15.8 Å². The van der Waals surface area contributed by atoms with E-state index in [4.69, 9.17) is 16.6 Å². The molecule has 3 N–H and O–H groups in total. The Morgan fingerprint density at radius 2 is 1.82 bits per heavy atom. The molecule has 2 aromatic heterocycles. The van der Waals surface area contributed by atoms with Crippen molar-refractivity contribution < 1.29 is 14.3 Å². The Morgan fingerprint density at radius 3 is 2.62 bits per heavy atom. The smallest absolute Gasteiger partial charge is 0.293 e. The van der Waals surface area contributed by atoms with Crippen molar-refractivity contribution in [2.45, 2.75) is 0 Å². The minimum atomic E-state index is -0.467. The third-order valence-electron chi connectivity index (χ3n) is 4.96. The minimum absolute atomic E-state index is 0.104. The van der Waals surface area contributed by atoms with Crippen molar-refractivity contribution in [1.82, 2.24) is 10.3 Å². The zero-order chi connectivity index (χ0) is 23.7. The number of carbonyl (C=O) groups excluding carboxylic acids is 1. The monoisotopic (exact) mass is 549 g/mol. The van der Waals surface area contributed by atoms with Crippen LogP contribution in [0.1, 0.15) is 10.6 Å². The van der Waals surface area contributed by atoms with Crippen molar-refractivity contribution in [2.75, 3.05) is 5.32 Å². The van der Waals surface area contributed by atoms with Gasteiger partial charge >= 0.3 is 0 Å². The van der Waals surface area contributed by atoms with Crippen molar-refractivity contribution >= 4 is 66.4 Å². The van der Waals surface area contributed by atoms with E-state index in [0.29, 0.717) is 22.0 Å². The summed E-state index contributed by atoms with van der Waals surface area (Å²) in [5, 5.41) is 16.8. The van der Waals surface area contributed by atoms with Crippen LogP contribution in [-0.2, 0) is 0 Å². The van der Waals surface area contributed by atoms with Crippen molar-refractivity contribution in [2.24, 2.45) is 0 Å². The number of carbonyl (C=O) groups is 1. The van der Waals surface area contributed by atoms with E-state index in [1.54, 1.807) is 30.3 Å². The van der Waals surface area contributed by atoms with Crippen LogP contribution in [0, 0.1) is 0 Å². The van der Waals surface area contributed by atoms with E-state index in [9.17, 15) is 9.90 Å². The number of nitrogens with one attached hydrogen (secondary N) is 2. The summed E-state index contributed by atoms with van der Waals surface area (Å²) in [5.74, 6) is 0.361. The van der Waals surface area contributed by atoms with Gasteiger partial charge in [0.25, 0.3) is 5.91 Å². The molecule has 5 rings (SSSR count). The van der Waals surface area contributed by atoms with Gasteiger partial charge < -0.3 is 14.8 Å². The molecule has 9 heteroatoms. The summed E-state index contributed by atoms with van der Waals surface area (Å²) in [6.07, 6.45) is 0. The number of halogens is 1. The third-order valence-corrected chi connectivity index (χ3v) is 6.77. The van der Waals surface area contributed by atoms with Gasteiger partial charge in [-0.1, -0.05) is 40.2 Å². The molecule has 0 aliphatic rings. The van der Waals surface area contributed by atoms with E-state index in [1.165, 1.54) is 11.3 Å². The quantitative estimate of drug-likeness (QED) is 0.168. The molecule has 5 aromatic rings. The highest BCUT2D eigenvalue weighted by molar-refractivity contribution is 9.10. The van der Waals surface area contributed by atoms with Gasteiger partial charge in [-0.3, -0.25) is 10.1 Å². The van der Waals surface area contributed by atoms with Crippen molar-refractivity contribution in [3.63, 3.8) is 0 Å². The summed E-state index contributed by atoms with van der Waals surface area (Å²) >= 11 is 10.2. The number of thiocarbonyl (C=S) groups is 1. The zero-order valence-electron chi connectivity index (χ0n) is 17.4. The normalized spacial score (nSPS) is 10.9. The highest BCUT2D eigenvalue weighted by Gasteiger charge is 2.15. The van der Waals surface area contributed by atoms with E-state index < -0.39 is 5.91 Å². The first-order valence-electron chi connectivity index (χ1n) is 10.1. The lowest BCUT2D eigenvalue weighted by Gasteiger charge is -2.10. The van der Waals surface area contributed by atoms with E-state index in [1.807, 2.05) is 48.5 Å². The largest absolute Gasteiger partial charge is 0.507 e. The van der Waals surface area contributed by atoms with Gasteiger partial charge in [-0.2, -0.15) is 0 Å². The van der Waals surface area contributed by atoms with E-state index in [2.05, 4.69) is 31.5 Å². The number of hydrogen-bond acceptors (Lipinski definition) is 6. The highest BCUT2D eigenvalue weighted by atomic mass is 79.9. The number of fused-ring (bicyclic) bond motifs is 1. The summed E-state index contributed by atoms with van der Waals surface area (Å²) in [5.41, 5.74) is 2.90. The summed E-state index contributed by atoms with van der Waals surface area (Å²) in [4.78, 5) is 17.2. The third kappa shape index (κ3) is 4.72. The molecule has 2 heterocycles. The molecule has 0 aliphatic carbocycles. The van der Waals surface area contributed by atoms with Crippen LogP contribution < -0.4 is 10.6 Å². The molecular weight excluding hydrogens is 534 g/mol. The second kappa shape index (κ2) is 9.38. The Bertz CT molecular complexity index is 1490. The van der Waals surface area contributed by atoms with Gasteiger partial charge in [-0.25, -0.2) is 4.98 Å². The van der Waals surface area contributed by atoms with Crippen molar-refractivity contribution in [1.29, 1.82) is 0 Å². The number of para-hydroxylation sites is 1. The van der Waals surface area contributed by atoms with Gasteiger partial charge in [0.1, 0.15) is 16.5 Å². The minimum Gasteiger partial charge on any atom is -0.507 e. The first-order valence-corrected chi connectivity index (χ1v) is 12.1. The molecule has 1 amide bonds. The van der Waals surface area contributed by atoms with E-state index in [-0.39, 0.29) is 16.6 Å². The lowest BCUT2D eigenvalue weighted by Crippen LogP contribution is -2.33. The fraction of sp³-hybridized carbons (Fsp3) is 0. The number of furan rings is 1. The van der Waals surface area contributed by atoms with Gasteiger partial charge in [0.15, 0.2) is 10.9 Å². The Labute approximate surface area is 212 Å². The number of phenols is 1. The van der Waals surface area contributed by atoms with Crippen LogP contribution in [-0.4, -0.2) is 21.1 Å². The van der Waals surface area contributed by atoms with E-state index in [0.717, 1.165) is 20.3 Å². The Hall–Kier alpha value is -3.53. The average Bonchev–Trinajstić information content (AvgIpc) is 3.48. The van der Waals surface area contributed by atoms with Crippen LogP contribution in [0.15, 0.2) is 87.8 Å². The summed E-state index contributed by atoms with van der Waals surface area (Å²) in [6, 6.07) is 23.7. The Morgan fingerprint density at radius 1 is 1.03 bits per heavy atom. The standard InChI is InChI=1S/C25H16BrN3O3S2/c26-15-7-5-14(6-8-15)20-11-12-21(32-20)23(31)29-25(33)27-16-9-10-19(30)17(13-16)24-28-18-3-1-2-4-22(18)34-24/h1-13,30H,(H2,27,29,31,33). The summed E-state index contributed by atoms with van der Waals surface area (Å²) in [7, 11) is 0. The molecule has 6 nitrogen and oxygen atoms in total. The molecular formula is C25H16BrN3O3S2. The average molecular weight is 550 g/mol. The first-order chi connectivity index (χ1) is 16.5. The van der Waals surface area contributed by atoms with Gasteiger partial charge in [-0.15, -0.1) is 11.3 Å². The number of aromatic nitrogens is 1. The van der Waals surface area contributed by atoms with Crippen LogP contribution in [0.5, 0.6) is 5.75 Å². The fourth-order valence-electron chi connectivity index (χ4n) is 3.33. The zero-order valence-corrected chi connectivity index (χ0v) is 20.6. The molecule has 168 valence electrons. The number of thiazole rings is 1. The van der Waals surface area contributed by atoms with Crippen LogP contribution in [0.4, 0.5) is 5.69 Å². The number of phenolic OH excluding ortho intramolecular Hbond substituents is 1. The molecule has 0 atom stereocenters. The molecule has 0 saturated carbocycles. The molecule has 0 unspecified atom stereocenters. The molecule has 34 heavy (non-hydrogen) atoms. The lowest BCUT2D eigenvalue weighted by atomic mass is 10.2. The molecule has 0 saturated heterocycles. The van der Waals surface area contributed by atoms with Crippen LogP contribution in [0.25, 0.3) is 32.1 Å².